The molecule has 0 rings (SSSR count). The second-order valence-corrected chi connectivity index (χ2v) is 3.32. The summed E-state index contributed by atoms with van der Waals surface area (Å²) in [5.74, 6) is -0.716. The van der Waals surface area contributed by atoms with Crippen LogP contribution in [0.3, 0.4) is 0 Å². The quantitative estimate of drug-likeness (QED) is 0.634. The molecule has 0 aromatic heterocycles. The van der Waals surface area contributed by atoms with Gasteiger partial charge in [0.25, 0.3) is 0 Å². The molecule has 0 heterocycles. The predicted octanol–water partition coefficient (Wildman–Crippen LogP) is 0.544. The smallest absolute Gasteiger partial charge is 0.223 e. The molecule has 0 atom stereocenters. The number of nitrogens with two attached hydrogens (primary N) is 2. The number of carbonyl (C=O) groups is 2. The number of hydrogen-bond acceptors (Lipinski definition) is 2. The van der Waals surface area contributed by atoms with Crippen LogP contribution < -0.4 is 11.5 Å². The molecule has 0 aromatic rings. The molecule has 13 heavy (non-hydrogen) atoms. The molecule has 4 heteroatoms. The van der Waals surface area contributed by atoms with Gasteiger partial charge in [0.05, 0.1) is 0 Å². The van der Waals surface area contributed by atoms with Gasteiger partial charge in [-0.25, -0.2) is 0 Å². The Labute approximate surface area is 78.7 Å². The van der Waals surface area contributed by atoms with Crippen LogP contribution >= 0.6 is 0 Å². The molecule has 0 aliphatic heterocycles. The summed E-state index contributed by atoms with van der Waals surface area (Å²) in [4.78, 5) is 21.7. The second kappa shape index (κ2) is 4.84. The Hall–Kier alpha value is -1.06. The van der Waals surface area contributed by atoms with E-state index in [1.165, 1.54) is 0 Å². The van der Waals surface area contributed by atoms with Crippen LogP contribution in [0.4, 0.5) is 0 Å². The van der Waals surface area contributed by atoms with Gasteiger partial charge < -0.3 is 11.5 Å². The highest BCUT2D eigenvalue weighted by molar-refractivity contribution is 5.82. The Bertz CT molecular complexity index is 198. The first kappa shape index (κ1) is 11.9. The summed E-state index contributed by atoms with van der Waals surface area (Å²) in [6.07, 6.45) is 2.01. The summed E-state index contributed by atoms with van der Waals surface area (Å²) >= 11 is 0. The van der Waals surface area contributed by atoms with Crippen molar-refractivity contribution in [2.24, 2.45) is 16.9 Å². The lowest BCUT2D eigenvalue weighted by molar-refractivity contribution is -0.129. The predicted molar refractivity (Wildman–Crippen MR) is 50.6 cm³/mol. The molecular weight excluding hydrogens is 168 g/mol. The summed E-state index contributed by atoms with van der Waals surface area (Å²) in [5.41, 5.74) is 9.76. The molecule has 0 aromatic carbocycles. The van der Waals surface area contributed by atoms with E-state index in [2.05, 4.69) is 0 Å². The van der Waals surface area contributed by atoms with Crippen LogP contribution in [0.5, 0.6) is 0 Å². The van der Waals surface area contributed by atoms with Crippen LogP contribution in [0.2, 0.25) is 0 Å². The Morgan fingerprint density at radius 1 is 1.15 bits per heavy atom. The maximum Gasteiger partial charge on any atom is 0.223 e. The highest BCUT2D eigenvalue weighted by atomic mass is 16.1. The molecule has 0 radical (unpaired) electrons. The Morgan fingerprint density at radius 2 is 1.62 bits per heavy atom. The minimum Gasteiger partial charge on any atom is -0.370 e. The number of rotatable bonds is 6. The van der Waals surface area contributed by atoms with E-state index in [4.69, 9.17) is 11.5 Å². The normalized spacial score (nSPS) is 11.2. The zero-order chi connectivity index (χ0) is 10.5. The maximum absolute atomic E-state index is 11.2. The number of amides is 2. The first-order chi connectivity index (χ1) is 5.98. The maximum atomic E-state index is 11.2. The summed E-state index contributed by atoms with van der Waals surface area (Å²) in [6, 6.07) is 0. The lowest BCUT2D eigenvalue weighted by Crippen LogP contribution is -2.37. The summed E-state index contributed by atoms with van der Waals surface area (Å²) in [7, 11) is 0. The van der Waals surface area contributed by atoms with Crippen LogP contribution in [-0.2, 0) is 9.59 Å². The number of primary amides is 2. The number of hydrogen-bond donors (Lipinski definition) is 2. The highest BCUT2D eigenvalue weighted by Crippen LogP contribution is 2.31. The van der Waals surface area contributed by atoms with E-state index in [1.807, 2.05) is 13.8 Å². The van der Waals surface area contributed by atoms with E-state index in [1.54, 1.807) is 0 Å². The molecule has 4 nitrogen and oxygen atoms in total. The Kier molecular flexibility index (Phi) is 4.45. The van der Waals surface area contributed by atoms with Crippen molar-refractivity contribution in [3.05, 3.63) is 0 Å². The third-order valence-corrected chi connectivity index (χ3v) is 2.73. The van der Waals surface area contributed by atoms with Crippen LogP contribution in [0.15, 0.2) is 0 Å². The van der Waals surface area contributed by atoms with Gasteiger partial charge in [0.2, 0.25) is 11.8 Å². The molecule has 0 spiro atoms. The van der Waals surface area contributed by atoms with Gasteiger partial charge in [0.15, 0.2) is 0 Å². The summed E-state index contributed by atoms with van der Waals surface area (Å²) < 4.78 is 0. The molecule has 0 aliphatic carbocycles. The largest absolute Gasteiger partial charge is 0.370 e. The first-order valence-electron chi connectivity index (χ1n) is 4.56. The van der Waals surface area contributed by atoms with E-state index >= 15 is 0 Å². The van der Waals surface area contributed by atoms with Crippen LogP contribution in [-0.4, -0.2) is 11.8 Å². The lowest BCUT2D eigenvalue weighted by atomic mass is 9.77. The van der Waals surface area contributed by atoms with Crippen LogP contribution in [0, 0.1) is 5.41 Å². The SMILES string of the molecule is CCC(CC)(CCC(N)=O)C(N)=O. The third-order valence-electron chi connectivity index (χ3n) is 2.73. The van der Waals surface area contributed by atoms with Crippen LogP contribution in [0.25, 0.3) is 0 Å². The van der Waals surface area contributed by atoms with Crippen molar-refractivity contribution in [2.45, 2.75) is 39.5 Å². The van der Waals surface area contributed by atoms with Crippen molar-refractivity contribution in [3.8, 4) is 0 Å². The molecule has 2 amide bonds. The zero-order valence-electron chi connectivity index (χ0n) is 8.30. The molecule has 4 N–H and O–H groups in total. The van der Waals surface area contributed by atoms with Crippen molar-refractivity contribution in [1.82, 2.24) is 0 Å². The van der Waals surface area contributed by atoms with Gasteiger partial charge in [-0.2, -0.15) is 0 Å². The molecule has 0 saturated carbocycles. The van der Waals surface area contributed by atoms with Gasteiger partial charge in [0, 0.05) is 11.8 Å². The van der Waals surface area contributed by atoms with E-state index in [0.717, 1.165) is 0 Å². The minimum atomic E-state index is -0.547. The third kappa shape index (κ3) is 3.05. The lowest BCUT2D eigenvalue weighted by Gasteiger charge is -2.27. The van der Waals surface area contributed by atoms with Crippen molar-refractivity contribution >= 4 is 11.8 Å². The van der Waals surface area contributed by atoms with E-state index < -0.39 is 5.41 Å². The average molecular weight is 186 g/mol. The Balaban J connectivity index is 4.39. The van der Waals surface area contributed by atoms with Gasteiger partial charge in [-0.1, -0.05) is 13.8 Å². The monoisotopic (exact) mass is 186 g/mol. The minimum absolute atomic E-state index is 0.227. The zero-order valence-corrected chi connectivity index (χ0v) is 8.30. The number of carbonyl (C=O) groups excluding carboxylic acids is 2. The van der Waals surface area contributed by atoms with Crippen LogP contribution in [0.1, 0.15) is 39.5 Å². The molecule has 0 fully saturated rings. The highest BCUT2D eigenvalue weighted by Gasteiger charge is 2.32. The molecular formula is C9H18N2O2. The first-order valence-corrected chi connectivity index (χ1v) is 4.56. The summed E-state index contributed by atoms with van der Waals surface area (Å²) in [6.45, 7) is 3.80. The van der Waals surface area contributed by atoms with Gasteiger partial charge >= 0.3 is 0 Å². The molecule has 0 bridgehead atoms. The fourth-order valence-corrected chi connectivity index (χ4v) is 1.44. The van der Waals surface area contributed by atoms with Gasteiger partial charge in [-0.05, 0) is 19.3 Å². The van der Waals surface area contributed by atoms with E-state index in [9.17, 15) is 9.59 Å². The van der Waals surface area contributed by atoms with Crippen molar-refractivity contribution in [3.63, 3.8) is 0 Å². The average Bonchev–Trinajstić information content (AvgIpc) is 2.06. The van der Waals surface area contributed by atoms with E-state index in [-0.39, 0.29) is 18.2 Å². The van der Waals surface area contributed by atoms with Crippen molar-refractivity contribution in [1.29, 1.82) is 0 Å². The standard InChI is InChI=1S/C9H18N2O2/c1-3-9(4-2,8(11)13)6-5-7(10)12/h3-6H2,1-2H3,(H2,10,12)(H2,11,13). The summed E-state index contributed by atoms with van der Waals surface area (Å²) in [5, 5.41) is 0. The Morgan fingerprint density at radius 3 is 1.85 bits per heavy atom. The molecule has 0 unspecified atom stereocenters. The van der Waals surface area contributed by atoms with E-state index in [0.29, 0.717) is 19.3 Å². The second-order valence-electron chi connectivity index (χ2n) is 3.32. The van der Waals surface area contributed by atoms with Gasteiger partial charge in [-0.15, -0.1) is 0 Å². The van der Waals surface area contributed by atoms with Gasteiger partial charge in [-0.3, -0.25) is 9.59 Å². The molecule has 0 saturated heterocycles. The fraction of sp³-hybridized carbons (Fsp3) is 0.778. The van der Waals surface area contributed by atoms with Crippen molar-refractivity contribution in [2.75, 3.05) is 0 Å². The van der Waals surface area contributed by atoms with Gasteiger partial charge in [0.1, 0.15) is 0 Å². The molecule has 76 valence electrons. The van der Waals surface area contributed by atoms with Crippen molar-refractivity contribution < 1.29 is 9.59 Å². The topological polar surface area (TPSA) is 86.2 Å². The molecule has 0 aliphatic rings. The fourth-order valence-electron chi connectivity index (χ4n) is 1.44.